The lowest BCUT2D eigenvalue weighted by Crippen LogP contribution is -2.36. The highest BCUT2D eigenvalue weighted by atomic mass is 16.4. The highest BCUT2D eigenvalue weighted by Crippen LogP contribution is 2.25. The first-order valence-electron chi connectivity index (χ1n) is 7.52. The number of carboxylic acids is 1. The van der Waals surface area contributed by atoms with Crippen LogP contribution >= 0.6 is 0 Å². The van der Waals surface area contributed by atoms with E-state index in [0.717, 1.165) is 36.0 Å². The van der Waals surface area contributed by atoms with Crippen molar-refractivity contribution in [2.75, 3.05) is 18.0 Å². The van der Waals surface area contributed by atoms with Crippen molar-refractivity contribution < 1.29 is 9.90 Å². The number of hydrogen-bond acceptors (Lipinski definition) is 4. The van der Waals surface area contributed by atoms with Crippen LogP contribution in [0.5, 0.6) is 0 Å². The van der Waals surface area contributed by atoms with Gasteiger partial charge in [-0.2, -0.15) is 0 Å². The normalized spacial score (nSPS) is 15.8. The standard InChI is InChI=1S/C17H19N3O2/c1-12-18-15(13-5-3-2-4-6-13)11-16(19-12)20-9-7-14(8-10-20)17(21)22/h2-6,11,14H,7-10H2,1H3,(H,21,22). The zero-order valence-corrected chi connectivity index (χ0v) is 12.6. The Hall–Kier alpha value is -2.43. The lowest BCUT2D eigenvalue weighted by molar-refractivity contribution is -0.142. The van der Waals surface area contributed by atoms with Gasteiger partial charge in [0.05, 0.1) is 11.6 Å². The third kappa shape index (κ3) is 3.08. The first-order chi connectivity index (χ1) is 10.6. The van der Waals surface area contributed by atoms with Crippen molar-refractivity contribution in [1.82, 2.24) is 9.97 Å². The van der Waals surface area contributed by atoms with Gasteiger partial charge >= 0.3 is 5.97 Å². The number of benzene rings is 1. The van der Waals surface area contributed by atoms with Gasteiger partial charge in [-0.3, -0.25) is 4.79 Å². The van der Waals surface area contributed by atoms with E-state index in [1.165, 1.54) is 0 Å². The van der Waals surface area contributed by atoms with Gasteiger partial charge in [-0.25, -0.2) is 9.97 Å². The Balaban J connectivity index is 1.83. The Morgan fingerprint density at radius 1 is 1.18 bits per heavy atom. The number of carbonyl (C=O) groups is 1. The van der Waals surface area contributed by atoms with Gasteiger partial charge in [0.15, 0.2) is 0 Å². The summed E-state index contributed by atoms with van der Waals surface area (Å²) in [6.45, 7) is 3.34. The molecule has 1 saturated heterocycles. The molecule has 0 bridgehead atoms. The minimum Gasteiger partial charge on any atom is -0.481 e. The van der Waals surface area contributed by atoms with Gasteiger partial charge in [-0.15, -0.1) is 0 Å². The molecule has 1 N–H and O–H groups in total. The average Bonchev–Trinajstić information content (AvgIpc) is 2.55. The van der Waals surface area contributed by atoms with Crippen molar-refractivity contribution in [2.24, 2.45) is 5.92 Å². The van der Waals surface area contributed by atoms with Gasteiger partial charge in [-0.1, -0.05) is 30.3 Å². The summed E-state index contributed by atoms with van der Waals surface area (Å²) in [6, 6.07) is 12.0. The lowest BCUT2D eigenvalue weighted by atomic mass is 9.97. The van der Waals surface area contributed by atoms with Crippen LogP contribution in [-0.2, 0) is 4.79 Å². The minimum atomic E-state index is -0.691. The Kier molecular flexibility index (Phi) is 4.04. The van der Waals surface area contributed by atoms with Crippen molar-refractivity contribution in [3.63, 3.8) is 0 Å². The summed E-state index contributed by atoms with van der Waals surface area (Å²) in [4.78, 5) is 22.2. The molecule has 1 aliphatic heterocycles. The summed E-state index contributed by atoms with van der Waals surface area (Å²) in [5.41, 5.74) is 1.97. The maximum atomic E-state index is 11.0. The number of anilines is 1. The predicted octanol–water partition coefficient (Wildman–Crippen LogP) is 2.75. The van der Waals surface area contributed by atoms with E-state index < -0.39 is 5.97 Å². The fourth-order valence-electron chi connectivity index (χ4n) is 2.83. The molecule has 2 aromatic rings. The van der Waals surface area contributed by atoms with Crippen LogP contribution in [0.25, 0.3) is 11.3 Å². The highest BCUT2D eigenvalue weighted by Gasteiger charge is 2.25. The molecule has 0 radical (unpaired) electrons. The molecule has 0 amide bonds. The van der Waals surface area contributed by atoms with Gasteiger partial charge in [0.25, 0.3) is 0 Å². The van der Waals surface area contributed by atoms with E-state index in [1.807, 2.05) is 43.3 Å². The molecule has 114 valence electrons. The molecular formula is C17H19N3O2. The van der Waals surface area contributed by atoms with Crippen LogP contribution in [0.2, 0.25) is 0 Å². The molecule has 1 fully saturated rings. The molecule has 0 saturated carbocycles. The molecule has 0 unspecified atom stereocenters. The zero-order valence-electron chi connectivity index (χ0n) is 12.6. The molecule has 5 nitrogen and oxygen atoms in total. The van der Waals surface area contributed by atoms with Gasteiger partial charge in [0.1, 0.15) is 11.6 Å². The second-order valence-electron chi connectivity index (χ2n) is 5.62. The molecular weight excluding hydrogens is 278 g/mol. The number of carboxylic acid groups (broad SMARTS) is 1. The number of piperidine rings is 1. The maximum absolute atomic E-state index is 11.0. The maximum Gasteiger partial charge on any atom is 0.306 e. The fourth-order valence-corrected chi connectivity index (χ4v) is 2.83. The minimum absolute atomic E-state index is 0.229. The van der Waals surface area contributed by atoms with Gasteiger partial charge < -0.3 is 10.0 Å². The summed E-state index contributed by atoms with van der Waals surface area (Å²) in [7, 11) is 0. The second kappa shape index (κ2) is 6.13. The largest absolute Gasteiger partial charge is 0.481 e. The van der Waals surface area contributed by atoms with E-state index in [9.17, 15) is 4.79 Å². The van der Waals surface area contributed by atoms with E-state index in [-0.39, 0.29) is 5.92 Å². The number of aryl methyl sites for hydroxylation is 1. The van der Waals surface area contributed by atoms with Crippen LogP contribution in [0.3, 0.4) is 0 Å². The van der Waals surface area contributed by atoms with Crippen LogP contribution in [-0.4, -0.2) is 34.1 Å². The molecule has 1 aromatic heterocycles. The Morgan fingerprint density at radius 2 is 1.86 bits per heavy atom. The van der Waals surface area contributed by atoms with E-state index in [2.05, 4.69) is 14.9 Å². The highest BCUT2D eigenvalue weighted by molar-refractivity contribution is 5.70. The van der Waals surface area contributed by atoms with Crippen molar-refractivity contribution >= 4 is 11.8 Å². The van der Waals surface area contributed by atoms with Crippen LogP contribution in [0.4, 0.5) is 5.82 Å². The molecule has 0 aliphatic carbocycles. The van der Waals surface area contributed by atoms with Gasteiger partial charge in [-0.05, 0) is 19.8 Å². The third-order valence-electron chi connectivity index (χ3n) is 4.06. The molecule has 5 heteroatoms. The Morgan fingerprint density at radius 3 is 2.50 bits per heavy atom. The zero-order chi connectivity index (χ0) is 15.5. The van der Waals surface area contributed by atoms with E-state index >= 15 is 0 Å². The van der Waals surface area contributed by atoms with Crippen LogP contribution in [0.15, 0.2) is 36.4 Å². The summed E-state index contributed by atoms with van der Waals surface area (Å²) in [5.74, 6) is 0.697. The average molecular weight is 297 g/mol. The molecule has 1 aliphatic rings. The Bertz CT molecular complexity index is 665. The van der Waals surface area contributed by atoms with Crippen LogP contribution < -0.4 is 4.90 Å². The first kappa shape index (κ1) is 14.5. The third-order valence-corrected chi connectivity index (χ3v) is 4.06. The molecule has 22 heavy (non-hydrogen) atoms. The van der Waals surface area contributed by atoms with E-state index in [1.54, 1.807) is 0 Å². The molecule has 0 spiro atoms. The second-order valence-corrected chi connectivity index (χ2v) is 5.62. The van der Waals surface area contributed by atoms with Crippen molar-refractivity contribution in [3.8, 4) is 11.3 Å². The molecule has 3 rings (SSSR count). The van der Waals surface area contributed by atoms with Crippen molar-refractivity contribution in [3.05, 3.63) is 42.2 Å². The smallest absolute Gasteiger partial charge is 0.306 e. The summed E-state index contributed by atoms with van der Waals surface area (Å²) >= 11 is 0. The lowest BCUT2D eigenvalue weighted by Gasteiger charge is -2.31. The SMILES string of the molecule is Cc1nc(-c2ccccc2)cc(N2CCC(C(=O)O)CC2)n1. The number of aromatic nitrogens is 2. The quantitative estimate of drug-likeness (QED) is 0.943. The van der Waals surface area contributed by atoms with E-state index in [0.29, 0.717) is 12.8 Å². The number of nitrogens with zero attached hydrogens (tertiary/aromatic N) is 3. The summed E-state index contributed by atoms with van der Waals surface area (Å²) in [5, 5.41) is 9.09. The summed E-state index contributed by atoms with van der Waals surface area (Å²) < 4.78 is 0. The molecule has 0 atom stereocenters. The van der Waals surface area contributed by atoms with E-state index in [4.69, 9.17) is 5.11 Å². The van der Waals surface area contributed by atoms with Crippen molar-refractivity contribution in [1.29, 1.82) is 0 Å². The Labute approximate surface area is 129 Å². The fraction of sp³-hybridized carbons (Fsp3) is 0.353. The topological polar surface area (TPSA) is 66.3 Å². The van der Waals surface area contributed by atoms with Crippen LogP contribution in [0.1, 0.15) is 18.7 Å². The number of aliphatic carboxylic acids is 1. The van der Waals surface area contributed by atoms with Gasteiger partial charge in [0.2, 0.25) is 0 Å². The summed E-state index contributed by atoms with van der Waals surface area (Å²) in [6.07, 6.45) is 1.33. The number of hydrogen-bond donors (Lipinski definition) is 1. The van der Waals surface area contributed by atoms with Gasteiger partial charge in [0, 0.05) is 24.7 Å². The predicted molar refractivity (Wildman–Crippen MR) is 84.8 cm³/mol. The van der Waals surface area contributed by atoms with Crippen LogP contribution in [0, 0.1) is 12.8 Å². The first-order valence-corrected chi connectivity index (χ1v) is 7.52. The molecule has 1 aromatic carbocycles. The monoisotopic (exact) mass is 297 g/mol. The molecule has 2 heterocycles. The van der Waals surface area contributed by atoms with Crippen molar-refractivity contribution in [2.45, 2.75) is 19.8 Å². The number of rotatable bonds is 3.